The molecule has 6 heteroatoms. The van der Waals surface area contributed by atoms with Crippen LogP contribution >= 0.6 is 24.0 Å². The first-order valence-electron chi connectivity index (χ1n) is 9.02. The zero-order chi connectivity index (χ0) is 17.4. The quantitative estimate of drug-likeness (QED) is 0.404. The van der Waals surface area contributed by atoms with Crippen molar-refractivity contribution >= 4 is 29.9 Å². The van der Waals surface area contributed by atoms with E-state index in [-0.39, 0.29) is 24.0 Å². The number of halogens is 1. The number of hydrogen-bond acceptors (Lipinski definition) is 3. The number of guanidine groups is 1. The molecule has 142 valence electrons. The zero-order valence-corrected chi connectivity index (χ0v) is 18.4. The molecule has 0 bridgehead atoms. The normalized spacial score (nSPS) is 17.1. The fraction of sp³-hybridized carbons (Fsp3) is 0.632. The topological polar surface area (TPSA) is 42.9 Å². The van der Waals surface area contributed by atoms with Crippen molar-refractivity contribution < 1.29 is 0 Å². The average Bonchev–Trinajstić information content (AvgIpc) is 2.77. The Hall–Kier alpha value is -0.860. The van der Waals surface area contributed by atoms with E-state index in [9.17, 15) is 0 Å². The highest BCUT2D eigenvalue weighted by molar-refractivity contribution is 14.0. The van der Waals surface area contributed by atoms with Gasteiger partial charge in [-0.2, -0.15) is 0 Å². The molecule has 2 N–H and O–H groups in total. The number of benzene rings is 1. The summed E-state index contributed by atoms with van der Waals surface area (Å²) in [7, 11) is 4.02. The molecular weight excluding hydrogens is 425 g/mol. The van der Waals surface area contributed by atoms with Gasteiger partial charge in [0.05, 0.1) is 0 Å². The van der Waals surface area contributed by atoms with Crippen molar-refractivity contribution in [3.05, 3.63) is 35.4 Å². The van der Waals surface area contributed by atoms with Gasteiger partial charge in [0.15, 0.2) is 5.96 Å². The van der Waals surface area contributed by atoms with Crippen LogP contribution in [0.1, 0.15) is 31.4 Å². The van der Waals surface area contributed by atoms with Crippen LogP contribution < -0.4 is 10.6 Å². The van der Waals surface area contributed by atoms with Crippen molar-refractivity contribution in [1.82, 2.24) is 20.4 Å². The van der Waals surface area contributed by atoms with Crippen LogP contribution in [0.2, 0.25) is 0 Å². The van der Waals surface area contributed by atoms with Crippen molar-refractivity contribution in [1.29, 1.82) is 0 Å². The van der Waals surface area contributed by atoms with Gasteiger partial charge in [0.25, 0.3) is 0 Å². The Morgan fingerprint density at radius 3 is 2.40 bits per heavy atom. The maximum Gasteiger partial charge on any atom is 0.191 e. The molecular formula is C19H34IN5. The molecule has 0 aliphatic carbocycles. The summed E-state index contributed by atoms with van der Waals surface area (Å²) in [4.78, 5) is 9.22. The van der Waals surface area contributed by atoms with Crippen molar-refractivity contribution in [3.63, 3.8) is 0 Å². The lowest BCUT2D eigenvalue weighted by Gasteiger charge is -2.20. The van der Waals surface area contributed by atoms with E-state index in [2.05, 4.69) is 70.6 Å². The molecule has 0 amide bonds. The first kappa shape index (κ1) is 22.2. The Labute approximate surface area is 170 Å². The Balaban J connectivity index is 0.00000312. The second-order valence-electron chi connectivity index (χ2n) is 6.97. The summed E-state index contributed by atoms with van der Waals surface area (Å²) < 4.78 is 0. The third-order valence-electron chi connectivity index (χ3n) is 4.35. The van der Waals surface area contributed by atoms with Crippen molar-refractivity contribution in [2.75, 3.05) is 40.3 Å². The number of nitrogens with zero attached hydrogens (tertiary/aromatic N) is 3. The van der Waals surface area contributed by atoms with Gasteiger partial charge in [-0.05, 0) is 51.5 Å². The molecule has 1 heterocycles. The molecule has 0 saturated carbocycles. The molecule has 0 radical (unpaired) electrons. The second-order valence-corrected chi connectivity index (χ2v) is 6.97. The lowest BCUT2D eigenvalue weighted by molar-refractivity contribution is 0.269. The summed E-state index contributed by atoms with van der Waals surface area (Å²) in [6, 6.07) is 9.32. The highest BCUT2D eigenvalue weighted by Crippen LogP contribution is 2.10. The molecule has 0 spiro atoms. The molecule has 2 rings (SSSR count). The Morgan fingerprint density at radius 2 is 1.76 bits per heavy atom. The summed E-state index contributed by atoms with van der Waals surface area (Å²) in [5.74, 6) is 0.850. The van der Waals surface area contributed by atoms with E-state index in [1.54, 1.807) is 7.05 Å². The molecule has 1 fully saturated rings. The third-order valence-corrected chi connectivity index (χ3v) is 4.35. The molecule has 1 aromatic carbocycles. The zero-order valence-electron chi connectivity index (χ0n) is 16.1. The van der Waals surface area contributed by atoms with Crippen LogP contribution in [0.25, 0.3) is 0 Å². The van der Waals surface area contributed by atoms with Crippen LogP contribution in [0.5, 0.6) is 0 Å². The predicted octanol–water partition coefficient (Wildman–Crippen LogP) is 2.52. The van der Waals surface area contributed by atoms with E-state index < -0.39 is 0 Å². The lowest BCUT2D eigenvalue weighted by Crippen LogP contribution is -2.40. The smallest absolute Gasteiger partial charge is 0.191 e. The van der Waals surface area contributed by atoms with Crippen LogP contribution in [0.3, 0.4) is 0 Å². The van der Waals surface area contributed by atoms with E-state index in [4.69, 9.17) is 0 Å². The van der Waals surface area contributed by atoms with Crippen LogP contribution in [0.4, 0.5) is 0 Å². The maximum absolute atomic E-state index is 4.24. The fourth-order valence-electron chi connectivity index (χ4n) is 2.93. The van der Waals surface area contributed by atoms with Gasteiger partial charge in [-0.15, -0.1) is 24.0 Å². The summed E-state index contributed by atoms with van der Waals surface area (Å²) in [6.07, 6.45) is 1.26. The number of nitrogens with one attached hydrogen (secondary N) is 2. The van der Waals surface area contributed by atoms with E-state index in [0.29, 0.717) is 6.04 Å². The molecule has 1 aliphatic heterocycles. The Morgan fingerprint density at radius 1 is 1.08 bits per heavy atom. The van der Waals surface area contributed by atoms with Crippen LogP contribution in [-0.2, 0) is 13.1 Å². The molecule has 1 aromatic rings. The van der Waals surface area contributed by atoms with Crippen molar-refractivity contribution in [2.45, 2.75) is 39.4 Å². The van der Waals surface area contributed by atoms with Gasteiger partial charge in [0, 0.05) is 39.3 Å². The van der Waals surface area contributed by atoms with Gasteiger partial charge in [-0.3, -0.25) is 9.89 Å². The molecule has 0 aromatic heterocycles. The SMILES string of the molecule is CN=C(NCc1ccc(CN2CCCN(C)CC2)cc1)NC(C)C.I. The van der Waals surface area contributed by atoms with Crippen LogP contribution in [0.15, 0.2) is 29.3 Å². The number of hydrogen-bond donors (Lipinski definition) is 2. The number of aliphatic imine (C=N–C) groups is 1. The van der Waals surface area contributed by atoms with E-state index in [1.807, 2.05) is 0 Å². The summed E-state index contributed by atoms with van der Waals surface area (Å²) in [6.45, 7) is 10.8. The first-order chi connectivity index (χ1) is 11.6. The lowest BCUT2D eigenvalue weighted by atomic mass is 10.1. The van der Waals surface area contributed by atoms with E-state index in [0.717, 1.165) is 25.6 Å². The third kappa shape index (κ3) is 8.37. The van der Waals surface area contributed by atoms with Gasteiger partial charge in [0.2, 0.25) is 0 Å². The molecule has 0 unspecified atom stereocenters. The molecule has 1 saturated heterocycles. The van der Waals surface area contributed by atoms with Crippen LogP contribution in [0, 0.1) is 0 Å². The largest absolute Gasteiger partial charge is 0.354 e. The second kappa shape index (κ2) is 11.7. The van der Waals surface area contributed by atoms with Gasteiger partial charge in [-0.1, -0.05) is 24.3 Å². The maximum atomic E-state index is 4.24. The predicted molar refractivity (Wildman–Crippen MR) is 118 cm³/mol. The molecule has 25 heavy (non-hydrogen) atoms. The Bertz CT molecular complexity index is 515. The summed E-state index contributed by atoms with van der Waals surface area (Å²) in [5, 5.41) is 6.66. The van der Waals surface area contributed by atoms with Crippen molar-refractivity contribution in [3.8, 4) is 0 Å². The average molecular weight is 459 g/mol. The van der Waals surface area contributed by atoms with E-state index >= 15 is 0 Å². The molecule has 5 nitrogen and oxygen atoms in total. The minimum atomic E-state index is 0. The van der Waals surface area contributed by atoms with E-state index in [1.165, 1.54) is 37.2 Å². The highest BCUT2D eigenvalue weighted by atomic mass is 127. The van der Waals surface area contributed by atoms with Gasteiger partial charge in [-0.25, -0.2) is 0 Å². The summed E-state index contributed by atoms with van der Waals surface area (Å²) >= 11 is 0. The summed E-state index contributed by atoms with van der Waals surface area (Å²) in [5.41, 5.74) is 2.68. The monoisotopic (exact) mass is 459 g/mol. The fourth-order valence-corrected chi connectivity index (χ4v) is 2.93. The van der Waals surface area contributed by atoms with Gasteiger partial charge >= 0.3 is 0 Å². The van der Waals surface area contributed by atoms with Crippen LogP contribution in [-0.4, -0.2) is 62.1 Å². The number of likely N-dealkylation sites (N-methyl/N-ethyl adjacent to an activating group) is 1. The Kier molecular flexibility index (Phi) is 10.4. The minimum Gasteiger partial charge on any atom is -0.354 e. The highest BCUT2D eigenvalue weighted by Gasteiger charge is 2.12. The van der Waals surface area contributed by atoms with Crippen molar-refractivity contribution in [2.24, 2.45) is 4.99 Å². The number of rotatable bonds is 5. The standard InChI is InChI=1S/C19H33N5.HI/c1-16(2)22-19(20-3)21-14-17-6-8-18(9-7-17)15-24-11-5-10-23(4)12-13-24;/h6-9,16H,5,10-15H2,1-4H3,(H2,20,21,22);1H. The molecule has 0 atom stereocenters. The first-order valence-corrected chi connectivity index (χ1v) is 9.02. The minimum absolute atomic E-state index is 0. The van der Waals surface area contributed by atoms with Gasteiger partial charge in [0.1, 0.15) is 0 Å². The molecule has 1 aliphatic rings. The van der Waals surface area contributed by atoms with Gasteiger partial charge < -0.3 is 15.5 Å².